The fraction of sp³-hybridized carbons (Fsp3) is 0.348. The third-order valence-electron chi connectivity index (χ3n) is 7.38. The SMILES string of the molecule is Cc1c(Cl)cccc1N1C(=O)[C@@H]2[C@@H]3CCCN3[C@]3(C(=O)Nc4ccccc43)[C@H]2C1=O. The Hall–Kier alpha value is -2.70. The number of carbonyl (C=O) groups excluding carboxylic acids is 3. The number of para-hydroxylation sites is 1. The van der Waals surface area contributed by atoms with E-state index in [0.29, 0.717) is 22.8 Å². The van der Waals surface area contributed by atoms with Crippen LogP contribution >= 0.6 is 11.6 Å². The predicted octanol–water partition coefficient (Wildman–Crippen LogP) is 3.08. The summed E-state index contributed by atoms with van der Waals surface area (Å²) in [6.07, 6.45) is 1.71. The smallest absolute Gasteiger partial charge is 0.250 e. The average molecular weight is 422 g/mol. The molecule has 0 aromatic heterocycles. The standard InChI is InChI=1S/C23H20ClN3O3/c1-12-14(24)7-4-9-16(12)27-20(28)18-17-10-5-11-26(17)23(19(18)21(27)29)13-6-2-3-8-15(13)25-22(23)30/h2-4,6-9,17-19H,5,10-11H2,1H3,(H,25,30)/t17-,18+,19+,23-/m0/s1. The Morgan fingerprint density at radius 2 is 1.87 bits per heavy atom. The number of imide groups is 1. The summed E-state index contributed by atoms with van der Waals surface area (Å²) in [5.41, 5.74) is 1.61. The summed E-state index contributed by atoms with van der Waals surface area (Å²) in [6.45, 7) is 2.51. The Balaban J connectivity index is 1.57. The Kier molecular flexibility index (Phi) is 3.58. The predicted molar refractivity (Wildman–Crippen MR) is 112 cm³/mol. The second kappa shape index (κ2) is 5.93. The molecule has 2 aromatic rings. The Morgan fingerprint density at radius 3 is 2.70 bits per heavy atom. The molecule has 4 aliphatic heterocycles. The van der Waals surface area contributed by atoms with E-state index in [1.807, 2.05) is 31.2 Å². The zero-order chi connectivity index (χ0) is 20.8. The van der Waals surface area contributed by atoms with Crippen LogP contribution in [0.4, 0.5) is 11.4 Å². The van der Waals surface area contributed by atoms with Crippen LogP contribution in [0.3, 0.4) is 0 Å². The van der Waals surface area contributed by atoms with Gasteiger partial charge in [0.25, 0.3) is 0 Å². The first-order chi connectivity index (χ1) is 14.5. The van der Waals surface area contributed by atoms with Crippen molar-refractivity contribution in [3.05, 3.63) is 58.6 Å². The zero-order valence-electron chi connectivity index (χ0n) is 16.4. The fourth-order valence-electron chi connectivity index (χ4n) is 6.23. The number of rotatable bonds is 1. The molecular formula is C23H20ClN3O3. The van der Waals surface area contributed by atoms with Gasteiger partial charge in [-0.1, -0.05) is 35.9 Å². The highest BCUT2D eigenvalue weighted by molar-refractivity contribution is 6.32. The topological polar surface area (TPSA) is 69.7 Å². The van der Waals surface area contributed by atoms with E-state index in [2.05, 4.69) is 10.2 Å². The monoisotopic (exact) mass is 421 g/mol. The Bertz CT molecular complexity index is 1150. The molecule has 0 saturated carbocycles. The number of nitrogens with one attached hydrogen (secondary N) is 1. The summed E-state index contributed by atoms with van der Waals surface area (Å²) >= 11 is 6.29. The van der Waals surface area contributed by atoms with Crippen LogP contribution in [-0.4, -0.2) is 35.2 Å². The molecule has 7 heteroatoms. The minimum atomic E-state index is -1.13. The summed E-state index contributed by atoms with van der Waals surface area (Å²) in [7, 11) is 0. The summed E-state index contributed by atoms with van der Waals surface area (Å²) < 4.78 is 0. The van der Waals surface area contributed by atoms with Crippen molar-refractivity contribution in [3.8, 4) is 0 Å². The van der Waals surface area contributed by atoms with Gasteiger partial charge in [-0.05, 0) is 50.1 Å². The molecule has 6 rings (SSSR count). The van der Waals surface area contributed by atoms with E-state index in [9.17, 15) is 14.4 Å². The highest BCUT2D eigenvalue weighted by atomic mass is 35.5. The largest absolute Gasteiger partial charge is 0.324 e. The van der Waals surface area contributed by atoms with Gasteiger partial charge in [0, 0.05) is 22.3 Å². The van der Waals surface area contributed by atoms with Crippen LogP contribution in [0.1, 0.15) is 24.0 Å². The number of amides is 3. The van der Waals surface area contributed by atoms with Crippen molar-refractivity contribution in [1.82, 2.24) is 4.90 Å². The van der Waals surface area contributed by atoms with E-state index in [1.165, 1.54) is 4.90 Å². The maximum Gasteiger partial charge on any atom is 0.250 e. The molecule has 0 unspecified atom stereocenters. The number of benzene rings is 2. The number of hydrogen-bond acceptors (Lipinski definition) is 4. The van der Waals surface area contributed by atoms with Gasteiger partial charge in [0.1, 0.15) is 5.54 Å². The van der Waals surface area contributed by atoms with Crippen LogP contribution in [0.5, 0.6) is 0 Å². The van der Waals surface area contributed by atoms with Gasteiger partial charge in [0.05, 0.1) is 17.5 Å². The number of carbonyl (C=O) groups is 3. The third kappa shape index (κ3) is 1.92. The number of nitrogens with zero attached hydrogens (tertiary/aromatic N) is 2. The van der Waals surface area contributed by atoms with E-state index >= 15 is 0 Å². The highest BCUT2D eigenvalue weighted by Crippen LogP contribution is 2.60. The molecule has 1 spiro atoms. The first kappa shape index (κ1) is 18.1. The van der Waals surface area contributed by atoms with Crippen molar-refractivity contribution in [2.75, 3.05) is 16.8 Å². The molecule has 2 aromatic carbocycles. The highest BCUT2D eigenvalue weighted by Gasteiger charge is 2.74. The number of anilines is 2. The van der Waals surface area contributed by atoms with Crippen molar-refractivity contribution in [2.45, 2.75) is 31.3 Å². The molecule has 6 nitrogen and oxygen atoms in total. The lowest BCUT2D eigenvalue weighted by molar-refractivity contribution is -0.135. The minimum Gasteiger partial charge on any atom is -0.324 e. The van der Waals surface area contributed by atoms with Gasteiger partial charge in [-0.3, -0.25) is 19.3 Å². The number of fused-ring (bicyclic) bond motifs is 7. The van der Waals surface area contributed by atoms with Gasteiger partial charge in [-0.2, -0.15) is 0 Å². The minimum absolute atomic E-state index is 0.118. The van der Waals surface area contributed by atoms with E-state index in [0.717, 1.165) is 24.1 Å². The van der Waals surface area contributed by atoms with Crippen molar-refractivity contribution < 1.29 is 14.4 Å². The lowest BCUT2D eigenvalue weighted by atomic mass is 9.75. The van der Waals surface area contributed by atoms with E-state index in [-0.39, 0.29) is 23.8 Å². The maximum absolute atomic E-state index is 13.9. The normalized spacial score (nSPS) is 32.0. The first-order valence-corrected chi connectivity index (χ1v) is 10.7. The van der Waals surface area contributed by atoms with Gasteiger partial charge in [0.15, 0.2) is 0 Å². The molecule has 3 amide bonds. The fourth-order valence-corrected chi connectivity index (χ4v) is 6.40. The van der Waals surface area contributed by atoms with Gasteiger partial charge < -0.3 is 5.32 Å². The zero-order valence-corrected chi connectivity index (χ0v) is 17.1. The van der Waals surface area contributed by atoms with Crippen molar-refractivity contribution in [3.63, 3.8) is 0 Å². The second-order valence-corrected chi connectivity index (χ2v) is 8.98. The van der Waals surface area contributed by atoms with Gasteiger partial charge in [0.2, 0.25) is 17.7 Å². The molecular weight excluding hydrogens is 402 g/mol. The quantitative estimate of drug-likeness (QED) is 0.718. The van der Waals surface area contributed by atoms with Gasteiger partial charge >= 0.3 is 0 Å². The van der Waals surface area contributed by atoms with Crippen molar-refractivity contribution >= 4 is 40.7 Å². The van der Waals surface area contributed by atoms with Crippen molar-refractivity contribution in [2.24, 2.45) is 11.8 Å². The molecule has 0 radical (unpaired) electrons. The lowest BCUT2D eigenvalue weighted by Crippen LogP contribution is -2.54. The summed E-state index contributed by atoms with van der Waals surface area (Å²) in [5, 5.41) is 3.49. The molecule has 152 valence electrons. The molecule has 3 fully saturated rings. The molecule has 4 aliphatic rings. The van der Waals surface area contributed by atoms with E-state index in [4.69, 9.17) is 11.6 Å². The molecule has 4 heterocycles. The maximum atomic E-state index is 13.9. The summed E-state index contributed by atoms with van der Waals surface area (Å²) in [4.78, 5) is 44.4. The number of halogens is 1. The Labute approximate surface area is 178 Å². The second-order valence-electron chi connectivity index (χ2n) is 8.57. The lowest BCUT2D eigenvalue weighted by Gasteiger charge is -2.36. The molecule has 0 aliphatic carbocycles. The van der Waals surface area contributed by atoms with Crippen LogP contribution in [0.25, 0.3) is 0 Å². The average Bonchev–Trinajstić information content (AvgIpc) is 3.43. The Morgan fingerprint density at radius 1 is 1.07 bits per heavy atom. The number of hydrogen-bond donors (Lipinski definition) is 1. The molecule has 30 heavy (non-hydrogen) atoms. The molecule has 0 bridgehead atoms. The first-order valence-electron chi connectivity index (χ1n) is 10.3. The van der Waals surface area contributed by atoms with Crippen molar-refractivity contribution in [1.29, 1.82) is 0 Å². The van der Waals surface area contributed by atoms with Gasteiger partial charge in [-0.15, -0.1) is 0 Å². The molecule has 3 saturated heterocycles. The van der Waals surface area contributed by atoms with Crippen LogP contribution in [-0.2, 0) is 19.9 Å². The van der Waals surface area contributed by atoms with E-state index in [1.54, 1.807) is 18.2 Å². The summed E-state index contributed by atoms with van der Waals surface area (Å²) in [6, 6.07) is 12.7. The molecule has 1 N–H and O–H groups in total. The van der Waals surface area contributed by atoms with Gasteiger partial charge in [-0.25, -0.2) is 4.90 Å². The van der Waals surface area contributed by atoms with E-state index < -0.39 is 17.4 Å². The third-order valence-corrected chi connectivity index (χ3v) is 7.79. The van der Waals surface area contributed by atoms with Crippen LogP contribution in [0.15, 0.2) is 42.5 Å². The van der Waals surface area contributed by atoms with Crippen LogP contribution in [0.2, 0.25) is 5.02 Å². The molecule has 4 atom stereocenters. The van der Waals surface area contributed by atoms with Crippen LogP contribution in [0, 0.1) is 18.8 Å². The summed E-state index contributed by atoms with van der Waals surface area (Å²) in [5.74, 6) is -2.00. The van der Waals surface area contributed by atoms with Crippen LogP contribution < -0.4 is 10.2 Å².